The van der Waals surface area contributed by atoms with E-state index < -0.39 is 0 Å². The van der Waals surface area contributed by atoms with Gasteiger partial charge in [0.15, 0.2) is 0 Å². The summed E-state index contributed by atoms with van der Waals surface area (Å²) in [5, 5.41) is 9.90. The molecule has 2 aromatic carbocycles. The first kappa shape index (κ1) is 10.8. The number of para-hydroxylation sites is 1. The van der Waals surface area contributed by atoms with Crippen LogP contribution >= 0.6 is 11.6 Å². The summed E-state index contributed by atoms with van der Waals surface area (Å²) in [5.74, 6) is 0.842. The van der Waals surface area contributed by atoms with E-state index in [1.165, 1.54) is 0 Å². The maximum absolute atomic E-state index is 9.55. The van der Waals surface area contributed by atoms with Crippen LogP contribution < -0.4 is 4.74 Å². The van der Waals surface area contributed by atoms with Crippen molar-refractivity contribution in [2.75, 3.05) is 7.11 Å². The van der Waals surface area contributed by atoms with E-state index in [1.807, 2.05) is 30.3 Å². The number of benzene rings is 2. The molecule has 0 aliphatic rings. The highest BCUT2D eigenvalue weighted by atomic mass is 35.5. The first-order valence-corrected chi connectivity index (χ1v) is 5.22. The maximum atomic E-state index is 9.55. The van der Waals surface area contributed by atoms with Crippen molar-refractivity contribution in [1.82, 2.24) is 0 Å². The molecule has 0 bridgehead atoms. The summed E-state index contributed by atoms with van der Waals surface area (Å²) in [6.07, 6.45) is 0. The molecule has 3 heteroatoms. The molecule has 0 aliphatic heterocycles. The van der Waals surface area contributed by atoms with Gasteiger partial charge in [-0.05, 0) is 23.8 Å². The number of phenolic OH excluding ortho intramolecular Hbond substituents is 1. The number of ether oxygens (including phenoxy) is 1. The first-order valence-electron chi connectivity index (χ1n) is 4.84. The maximum Gasteiger partial charge on any atom is 0.134 e. The fourth-order valence-electron chi connectivity index (χ4n) is 1.56. The van der Waals surface area contributed by atoms with Gasteiger partial charge in [-0.1, -0.05) is 35.9 Å². The summed E-state index contributed by atoms with van der Waals surface area (Å²) in [6, 6.07) is 12.8. The van der Waals surface area contributed by atoms with E-state index >= 15 is 0 Å². The molecule has 0 unspecified atom stereocenters. The van der Waals surface area contributed by atoms with Gasteiger partial charge in [-0.15, -0.1) is 0 Å². The average Bonchev–Trinajstić information content (AvgIpc) is 2.32. The Balaban J connectivity index is 2.54. The van der Waals surface area contributed by atoms with E-state index in [9.17, 15) is 5.11 Å². The summed E-state index contributed by atoms with van der Waals surface area (Å²) in [7, 11) is 1.62. The van der Waals surface area contributed by atoms with E-state index in [0.29, 0.717) is 5.02 Å². The van der Waals surface area contributed by atoms with Gasteiger partial charge in [-0.2, -0.15) is 0 Å². The number of methoxy groups -OCH3 is 1. The molecule has 0 saturated heterocycles. The second kappa shape index (κ2) is 4.45. The Morgan fingerprint density at radius 2 is 1.88 bits per heavy atom. The highest BCUT2D eigenvalue weighted by Crippen LogP contribution is 2.34. The van der Waals surface area contributed by atoms with Crippen molar-refractivity contribution >= 4 is 11.6 Å². The normalized spacial score (nSPS) is 10.1. The van der Waals surface area contributed by atoms with Gasteiger partial charge in [0.2, 0.25) is 0 Å². The Kier molecular flexibility index (Phi) is 3.02. The highest BCUT2D eigenvalue weighted by Gasteiger charge is 2.06. The van der Waals surface area contributed by atoms with Crippen LogP contribution in [-0.4, -0.2) is 12.2 Å². The smallest absolute Gasteiger partial charge is 0.134 e. The molecule has 1 N–H and O–H groups in total. The Bertz CT molecular complexity index is 509. The second-order valence-electron chi connectivity index (χ2n) is 3.37. The summed E-state index contributed by atoms with van der Waals surface area (Å²) >= 11 is 5.76. The topological polar surface area (TPSA) is 29.5 Å². The van der Waals surface area contributed by atoms with Crippen molar-refractivity contribution in [3.8, 4) is 22.6 Å². The van der Waals surface area contributed by atoms with E-state index in [4.69, 9.17) is 16.3 Å². The van der Waals surface area contributed by atoms with E-state index in [1.54, 1.807) is 19.2 Å². The summed E-state index contributed by atoms with van der Waals surface area (Å²) in [5.41, 5.74) is 1.80. The Morgan fingerprint density at radius 1 is 1.12 bits per heavy atom. The fourth-order valence-corrected chi connectivity index (χ4v) is 1.68. The third-order valence-corrected chi connectivity index (χ3v) is 2.68. The van der Waals surface area contributed by atoms with Crippen molar-refractivity contribution < 1.29 is 9.84 Å². The van der Waals surface area contributed by atoms with E-state index in [0.717, 1.165) is 16.9 Å². The zero-order chi connectivity index (χ0) is 11.5. The zero-order valence-corrected chi connectivity index (χ0v) is 9.53. The Hall–Kier alpha value is -1.67. The van der Waals surface area contributed by atoms with Crippen LogP contribution in [0.15, 0.2) is 42.5 Å². The lowest BCUT2D eigenvalue weighted by molar-refractivity contribution is 0.416. The van der Waals surface area contributed by atoms with Crippen molar-refractivity contribution in [1.29, 1.82) is 0 Å². The predicted molar refractivity (Wildman–Crippen MR) is 65.1 cm³/mol. The molecule has 2 rings (SSSR count). The lowest BCUT2D eigenvalue weighted by atomic mass is 10.0. The number of hydrogen-bond donors (Lipinski definition) is 1. The van der Waals surface area contributed by atoms with Gasteiger partial charge in [0.1, 0.15) is 11.5 Å². The first-order chi connectivity index (χ1) is 7.72. The molecule has 82 valence electrons. The van der Waals surface area contributed by atoms with Crippen LogP contribution in [0.2, 0.25) is 5.02 Å². The fraction of sp³-hybridized carbons (Fsp3) is 0.0769. The van der Waals surface area contributed by atoms with Crippen LogP contribution in [0.5, 0.6) is 11.5 Å². The standard InChI is InChI=1S/C13H11ClO2/c1-16-13-5-3-2-4-10(13)9-6-7-11(14)12(15)8-9/h2-8,15H,1H3. The van der Waals surface area contributed by atoms with E-state index in [2.05, 4.69) is 0 Å². The van der Waals surface area contributed by atoms with Crippen LogP contribution in [0, 0.1) is 0 Å². The quantitative estimate of drug-likeness (QED) is 0.858. The van der Waals surface area contributed by atoms with Gasteiger partial charge in [-0.3, -0.25) is 0 Å². The monoisotopic (exact) mass is 234 g/mol. The number of rotatable bonds is 2. The minimum Gasteiger partial charge on any atom is -0.506 e. The number of halogens is 1. The third-order valence-electron chi connectivity index (χ3n) is 2.36. The van der Waals surface area contributed by atoms with Crippen LogP contribution in [-0.2, 0) is 0 Å². The molecule has 16 heavy (non-hydrogen) atoms. The Morgan fingerprint density at radius 3 is 2.56 bits per heavy atom. The number of phenols is 1. The lowest BCUT2D eigenvalue weighted by Gasteiger charge is -2.08. The number of hydrogen-bond acceptors (Lipinski definition) is 2. The zero-order valence-electron chi connectivity index (χ0n) is 8.77. The van der Waals surface area contributed by atoms with Gasteiger partial charge in [0.25, 0.3) is 0 Å². The van der Waals surface area contributed by atoms with Gasteiger partial charge in [0, 0.05) is 5.56 Å². The highest BCUT2D eigenvalue weighted by molar-refractivity contribution is 6.32. The molecule has 0 saturated carbocycles. The SMILES string of the molecule is COc1ccccc1-c1ccc(Cl)c(O)c1. The minimum absolute atomic E-state index is 0.0741. The summed E-state index contributed by atoms with van der Waals surface area (Å²) in [6.45, 7) is 0. The van der Waals surface area contributed by atoms with Crippen LogP contribution in [0.3, 0.4) is 0 Å². The molecule has 0 aliphatic carbocycles. The Labute approximate surface area is 99.1 Å². The van der Waals surface area contributed by atoms with Crippen LogP contribution in [0.25, 0.3) is 11.1 Å². The molecule has 0 heterocycles. The van der Waals surface area contributed by atoms with Gasteiger partial charge >= 0.3 is 0 Å². The number of aromatic hydroxyl groups is 1. The van der Waals surface area contributed by atoms with E-state index in [-0.39, 0.29) is 5.75 Å². The van der Waals surface area contributed by atoms with Crippen LogP contribution in [0.4, 0.5) is 0 Å². The third kappa shape index (κ3) is 1.97. The van der Waals surface area contributed by atoms with Crippen molar-refractivity contribution in [3.63, 3.8) is 0 Å². The van der Waals surface area contributed by atoms with Crippen molar-refractivity contribution in [2.24, 2.45) is 0 Å². The second-order valence-corrected chi connectivity index (χ2v) is 3.77. The van der Waals surface area contributed by atoms with Crippen LogP contribution in [0.1, 0.15) is 0 Å². The molecule has 0 amide bonds. The average molecular weight is 235 g/mol. The minimum atomic E-state index is 0.0741. The van der Waals surface area contributed by atoms with Gasteiger partial charge in [0.05, 0.1) is 12.1 Å². The molecule has 2 nitrogen and oxygen atoms in total. The molecule has 0 atom stereocenters. The van der Waals surface area contributed by atoms with Crippen molar-refractivity contribution in [2.45, 2.75) is 0 Å². The predicted octanol–water partition coefficient (Wildman–Crippen LogP) is 3.72. The molecule has 0 aromatic heterocycles. The molecule has 0 spiro atoms. The summed E-state index contributed by atoms with van der Waals surface area (Å²) in [4.78, 5) is 0. The molecule has 0 radical (unpaired) electrons. The van der Waals surface area contributed by atoms with Gasteiger partial charge in [-0.25, -0.2) is 0 Å². The summed E-state index contributed by atoms with van der Waals surface area (Å²) < 4.78 is 5.26. The molecular formula is C13H11ClO2. The van der Waals surface area contributed by atoms with Gasteiger partial charge < -0.3 is 9.84 Å². The molecule has 2 aromatic rings. The van der Waals surface area contributed by atoms with Crippen molar-refractivity contribution in [3.05, 3.63) is 47.5 Å². The lowest BCUT2D eigenvalue weighted by Crippen LogP contribution is -1.87. The molecular weight excluding hydrogens is 224 g/mol. The molecule has 0 fully saturated rings. The largest absolute Gasteiger partial charge is 0.506 e.